The fraction of sp³-hybridized carbons (Fsp3) is 0.519. The molecule has 1 aromatic carbocycles. The summed E-state index contributed by atoms with van der Waals surface area (Å²) in [7, 11) is 0. The molecule has 186 valence electrons. The Kier molecular flexibility index (Phi) is 7.02. The summed E-state index contributed by atoms with van der Waals surface area (Å²) in [6.07, 6.45) is 9.67. The van der Waals surface area contributed by atoms with Crippen molar-refractivity contribution in [1.82, 2.24) is 4.98 Å². The van der Waals surface area contributed by atoms with Gasteiger partial charge in [0.25, 0.3) is 5.91 Å². The van der Waals surface area contributed by atoms with Gasteiger partial charge >= 0.3 is 0 Å². The molecular weight excluding hydrogens is 458 g/mol. The number of pyridine rings is 1. The van der Waals surface area contributed by atoms with Crippen molar-refractivity contribution >= 4 is 40.6 Å². The Morgan fingerprint density at radius 2 is 1.74 bits per heavy atom. The average molecular weight is 495 g/mol. The second kappa shape index (κ2) is 10.2. The van der Waals surface area contributed by atoms with Gasteiger partial charge in [0.2, 0.25) is 11.4 Å². The molecule has 7 nitrogen and oxygen atoms in total. The van der Waals surface area contributed by atoms with Crippen LogP contribution in [0.2, 0.25) is 0 Å². The zero-order valence-electron chi connectivity index (χ0n) is 20.7. The number of amides is 2. The van der Waals surface area contributed by atoms with Crippen LogP contribution in [0.15, 0.2) is 48.8 Å². The summed E-state index contributed by atoms with van der Waals surface area (Å²) in [6, 6.07) is 11.7. The smallest absolute Gasteiger partial charge is 0.286 e. The average Bonchev–Trinajstić information content (AvgIpc) is 3.19. The van der Waals surface area contributed by atoms with Crippen molar-refractivity contribution in [3.63, 3.8) is 0 Å². The molecule has 3 atom stereocenters. The summed E-state index contributed by atoms with van der Waals surface area (Å²) in [5, 5.41) is 3.74. The molecule has 3 aliphatic heterocycles. The zero-order valence-corrected chi connectivity index (χ0v) is 21.5. The number of rotatable bonds is 3. The maximum Gasteiger partial charge on any atom is 0.286 e. The highest BCUT2D eigenvalue weighted by Gasteiger charge is 2.55. The van der Waals surface area contributed by atoms with Gasteiger partial charge in [-0.3, -0.25) is 19.1 Å². The Balaban J connectivity index is 1.49. The van der Waals surface area contributed by atoms with Gasteiger partial charge in [-0.2, -0.15) is 0 Å². The molecule has 1 spiro atoms. The van der Waals surface area contributed by atoms with E-state index < -0.39 is 0 Å². The summed E-state index contributed by atoms with van der Waals surface area (Å²) in [5.41, 5.74) is 2.82. The van der Waals surface area contributed by atoms with Crippen molar-refractivity contribution in [3.8, 4) is 0 Å². The lowest BCUT2D eigenvalue weighted by molar-refractivity contribution is -0.942. The molecule has 2 aromatic rings. The van der Waals surface area contributed by atoms with Gasteiger partial charge in [0, 0.05) is 19.7 Å². The fourth-order valence-electron chi connectivity index (χ4n) is 6.14. The summed E-state index contributed by atoms with van der Waals surface area (Å²) in [6.45, 7) is 6.18. The molecule has 2 unspecified atom stereocenters. The Morgan fingerprint density at radius 3 is 2.43 bits per heavy atom. The second-order valence-electron chi connectivity index (χ2n) is 10.1. The molecule has 3 aliphatic rings. The van der Waals surface area contributed by atoms with Crippen molar-refractivity contribution in [2.75, 3.05) is 40.5 Å². The van der Waals surface area contributed by atoms with E-state index >= 15 is 0 Å². The van der Waals surface area contributed by atoms with Crippen LogP contribution in [0, 0.1) is 0 Å². The largest absolute Gasteiger partial charge is 0.326 e. The highest BCUT2D eigenvalue weighted by molar-refractivity contribution is 8.00. The third-order valence-electron chi connectivity index (χ3n) is 7.81. The number of hydrogen-bond donors (Lipinski definition) is 1. The van der Waals surface area contributed by atoms with E-state index in [2.05, 4.69) is 16.4 Å². The molecule has 1 N–H and O–H groups in total. The molecule has 2 fully saturated rings. The first kappa shape index (κ1) is 24.1. The zero-order chi connectivity index (χ0) is 24.4. The maximum atomic E-state index is 14.4. The van der Waals surface area contributed by atoms with E-state index in [0.717, 1.165) is 53.2 Å². The number of nitrogens with one attached hydrogen (secondary N) is 1. The lowest BCUT2D eigenvalue weighted by Crippen LogP contribution is -2.66. The molecule has 0 radical (unpaired) electrons. The summed E-state index contributed by atoms with van der Waals surface area (Å²) < 4.78 is 0.780. The lowest BCUT2D eigenvalue weighted by Gasteiger charge is -2.47. The number of aromatic nitrogens is 1. The van der Waals surface area contributed by atoms with Crippen LogP contribution in [-0.4, -0.2) is 64.2 Å². The number of hydrogen-bond acceptors (Lipinski definition) is 5. The van der Waals surface area contributed by atoms with Gasteiger partial charge in [0.15, 0.2) is 6.04 Å². The molecule has 4 heterocycles. The molecule has 35 heavy (non-hydrogen) atoms. The maximum absolute atomic E-state index is 14.4. The monoisotopic (exact) mass is 494 g/mol. The summed E-state index contributed by atoms with van der Waals surface area (Å²) in [4.78, 5) is 34.9. The number of carbonyl (C=O) groups is 2. The SMILES string of the molecule is CC(=O)N1c2ccccc2N(C(=O)C2CSC(Nc3cccnc3)[N+]23CCCCCCC3)C[C@@H]1C. The van der Waals surface area contributed by atoms with Gasteiger partial charge in [-0.15, -0.1) is 0 Å². The summed E-state index contributed by atoms with van der Waals surface area (Å²) in [5.74, 6) is 0.998. The third-order valence-corrected chi connectivity index (χ3v) is 9.17. The van der Waals surface area contributed by atoms with E-state index in [4.69, 9.17) is 0 Å². The number of fused-ring (bicyclic) bond motifs is 1. The van der Waals surface area contributed by atoms with Crippen LogP contribution in [0.1, 0.15) is 46.0 Å². The molecule has 8 heteroatoms. The number of carbonyl (C=O) groups excluding carboxylic acids is 2. The van der Waals surface area contributed by atoms with Crippen LogP contribution >= 0.6 is 11.8 Å². The lowest BCUT2D eigenvalue weighted by atomic mass is 10.0. The van der Waals surface area contributed by atoms with Crippen molar-refractivity contribution < 1.29 is 14.1 Å². The molecule has 2 amide bonds. The minimum atomic E-state index is -0.114. The van der Waals surface area contributed by atoms with Gasteiger partial charge in [-0.05, 0) is 56.9 Å². The molecule has 0 saturated carbocycles. The predicted octanol–water partition coefficient (Wildman–Crippen LogP) is 4.46. The Morgan fingerprint density at radius 1 is 1.03 bits per heavy atom. The van der Waals surface area contributed by atoms with E-state index in [1.165, 1.54) is 19.3 Å². The van der Waals surface area contributed by atoms with Crippen molar-refractivity contribution in [2.45, 2.75) is 63.5 Å². The van der Waals surface area contributed by atoms with Gasteiger partial charge in [0.05, 0.1) is 48.1 Å². The van der Waals surface area contributed by atoms with Crippen molar-refractivity contribution in [3.05, 3.63) is 48.8 Å². The number of quaternary nitrogens is 1. The summed E-state index contributed by atoms with van der Waals surface area (Å²) >= 11 is 1.87. The van der Waals surface area contributed by atoms with E-state index in [0.29, 0.717) is 6.54 Å². The topological polar surface area (TPSA) is 65.5 Å². The minimum absolute atomic E-state index is 0.0153. The van der Waals surface area contributed by atoms with Crippen LogP contribution in [0.4, 0.5) is 17.1 Å². The first-order valence-electron chi connectivity index (χ1n) is 12.9. The van der Waals surface area contributed by atoms with Crippen LogP contribution in [0.5, 0.6) is 0 Å². The number of para-hydroxylation sites is 2. The number of thioether (sulfide) groups is 1. The Hall–Kier alpha value is -2.58. The van der Waals surface area contributed by atoms with Crippen molar-refractivity contribution in [2.24, 2.45) is 0 Å². The van der Waals surface area contributed by atoms with Crippen LogP contribution in [-0.2, 0) is 9.59 Å². The van der Waals surface area contributed by atoms with E-state index in [1.54, 1.807) is 13.1 Å². The van der Waals surface area contributed by atoms with Crippen LogP contribution in [0.25, 0.3) is 0 Å². The highest BCUT2D eigenvalue weighted by atomic mass is 32.2. The molecular formula is C27H36N5O2S+. The molecule has 0 aliphatic carbocycles. The first-order chi connectivity index (χ1) is 17.0. The second-order valence-corrected chi connectivity index (χ2v) is 11.2. The first-order valence-corrected chi connectivity index (χ1v) is 13.9. The third kappa shape index (κ3) is 4.54. The molecule has 1 aromatic heterocycles. The molecule has 5 rings (SSSR count). The molecule has 2 saturated heterocycles. The normalized spacial score (nSPS) is 26.1. The van der Waals surface area contributed by atoms with E-state index in [1.807, 2.05) is 65.0 Å². The number of anilines is 3. The van der Waals surface area contributed by atoms with Gasteiger partial charge in [-0.25, -0.2) is 0 Å². The quantitative estimate of drug-likeness (QED) is 0.638. The number of nitrogens with zero attached hydrogens (tertiary/aromatic N) is 4. The van der Waals surface area contributed by atoms with Gasteiger partial charge in [-0.1, -0.05) is 30.3 Å². The molecule has 0 bridgehead atoms. The minimum Gasteiger partial charge on any atom is -0.326 e. The van der Waals surface area contributed by atoms with Crippen LogP contribution < -0.4 is 15.1 Å². The van der Waals surface area contributed by atoms with Crippen LogP contribution in [0.3, 0.4) is 0 Å². The van der Waals surface area contributed by atoms with E-state index in [-0.39, 0.29) is 29.4 Å². The van der Waals surface area contributed by atoms with Gasteiger partial charge < -0.3 is 15.1 Å². The predicted molar refractivity (Wildman–Crippen MR) is 142 cm³/mol. The Bertz CT molecular complexity index is 1060. The van der Waals surface area contributed by atoms with E-state index in [9.17, 15) is 9.59 Å². The fourth-order valence-corrected chi connectivity index (χ4v) is 7.82. The number of benzene rings is 1. The van der Waals surface area contributed by atoms with Crippen molar-refractivity contribution in [1.29, 1.82) is 0 Å². The van der Waals surface area contributed by atoms with Gasteiger partial charge in [0.1, 0.15) is 0 Å². The highest BCUT2D eigenvalue weighted by Crippen LogP contribution is 2.43. The standard InChI is InChI=1S/C27H36N5O2S/c1-20-18-30(23-12-6-7-13-24(23)31(20)21(2)33)26(34)25-19-35-27(29-22-11-10-14-28-17-22)32(25)15-8-4-3-5-9-16-32/h6-7,10-14,17,20,25,27,29H,3-5,8-9,15-16,18-19H2,1-2H3/q+1/t20-,25?,27?/m0/s1. The Labute approximate surface area is 212 Å².